The van der Waals surface area contributed by atoms with Crippen LogP contribution in [-0.2, 0) is 12.7 Å². The van der Waals surface area contributed by atoms with Gasteiger partial charge in [0, 0.05) is 45.0 Å². The SMILES string of the molecule is COc1cc(N2CCC3(CCN(C)CC3)CC2)c(F)cc1Nc1ncc(C(F)(F)F)c(Oc2cccc3c2C(=O)N(C)C3)n1. The molecule has 0 unspecified atom stereocenters. The first-order chi connectivity index (χ1) is 21.0. The van der Waals surface area contributed by atoms with E-state index in [-0.39, 0.29) is 34.6 Å². The Morgan fingerprint density at radius 2 is 1.70 bits per heavy atom. The number of alkyl halides is 3. The number of benzene rings is 2. The van der Waals surface area contributed by atoms with E-state index < -0.39 is 23.4 Å². The van der Waals surface area contributed by atoms with E-state index in [9.17, 15) is 18.0 Å². The standard InChI is InChI=1S/C31H34F4N6O3/c1-39-11-7-30(8-12-39)9-13-41(14-10-30)23-16-25(43-3)22(15-21(23)32)37-29-36-17-20(31(33,34)35)27(38-29)44-24-6-4-5-19-18-40(2)28(42)26(19)24/h4-6,15-17H,7-14,18H2,1-3H3,(H,36,37,38). The minimum Gasteiger partial charge on any atom is -0.494 e. The second-order valence-corrected chi connectivity index (χ2v) is 11.9. The highest BCUT2D eigenvalue weighted by Gasteiger charge is 2.39. The maximum Gasteiger partial charge on any atom is 0.423 e. The molecule has 1 N–H and O–H groups in total. The van der Waals surface area contributed by atoms with E-state index in [1.54, 1.807) is 25.2 Å². The molecule has 2 saturated heterocycles. The van der Waals surface area contributed by atoms with Gasteiger partial charge in [-0.2, -0.15) is 18.2 Å². The van der Waals surface area contributed by atoms with Gasteiger partial charge >= 0.3 is 6.18 Å². The van der Waals surface area contributed by atoms with Gasteiger partial charge in [-0.3, -0.25) is 4.79 Å². The summed E-state index contributed by atoms with van der Waals surface area (Å²) in [4.78, 5) is 26.3. The highest BCUT2D eigenvalue weighted by atomic mass is 19.4. The Balaban J connectivity index is 1.25. The highest BCUT2D eigenvalue weighted by Crippen LogP contribution is 2.44. The number of methoxy groups -OCH3 is 1. The summed E-state index contributed by atoms with van der Waals surface area (Å²) in [5, 5.41) is 2.79. The maximum atomic E-state index is 15.5. The van der Waals surface area contributed by atoms with E-state index in [4.69, 9.17) is 9.47 Å². The van der Waals surface area contributed by atoms with Crippen molar-refractivity contribution in [1.29, 1.82) is 0 Å². The van der Waals surface area contributed by atoms with Gasteiger partial charge in [-0.05, 0) is 62.9 Å². The summed E-state index contributed by atoms with van der Waals surface area (Å²) in [6.07, 6.45) is 0.00856. The number of carbonyl (C=O) groups excluding carboxylic acids is 1. The number of rotatable bonds is 6. The first kappa shape index (κ1) is 29.9. The van der Waals surface area contributed by atoms with Crippen LogP contribution in [0.5, 0.6) is 17.4 Å². The maximum absolute atomic E-state index is 15.5. The highest BCUT2D eigenvalue weighted by molar-refractivity contribution is 6.00. The van der Waals surface area contributed by atoms with E-state index >= 15 is 4.39 Å². The lowest BCUT2D eigenvalue weighted by Crippen LogP contribution is -2.46. The first-order valence-corrected chi connectivity index (χ1v) is 14.5. The number of likely N-dealkylation sites (tertiary alicyclic amines) is 1. The summed E-state index contributed by atoms with van der Waals surface area (Å²) >= 11 is 0. The van der Waals surface area contributed by atoms with Gasteiger partial charge in [-0.15, -0.1) is 0 Å². The molecule has 44 heavy (non-hydrogen) atoms. The van der Waals surface area contributed by atoms with Crippen LogP contribution in [0.3, 0.4) is 0 Å². The molecular weight excluding hydrogens is 580 g/mol. The van der Waals surface area contributed by atoms with Crippen molar-refractivity contribution in [3.63, 3.8) is 0 Å². The Kier molecular flexibility index (Phi) is 7.76. The lowest BCUT2D eigenvalue weighted by Gasteiger charge is -2.47. The van der Waals surface area contributed by atoms with Crippen LogP contribution in [0.4, 0.5) is 34.9 Å². The topological polar surface area (TPSA) is 83.1 Å². The Morgan fingerprint density at radius 1 is 1.00 bits per heavy atom. The first-order valence-electron chi connectivity index (χ1n) is 14.5. The fourth-order valence-electron chi connectivity index (χ4n) is 6.34. The van der Waals surface area contributed by atoms with E-state index in [2.05, 4.69) is 27.2 Å². The van der Waals surface area contributed by atoms with Crippen molar-refractivity contribution in [3.8, 4) is 17.4 Å². The normalized spacial score (nSPS) is 18.5. The van der Waals surface area contributed by atoms with Crippen molar-refractivity contribution in [3.05, 3.63) is 59.0 Å². The monoisotopic (exact) mass is 614 g/mol. The summed E-state index contributed by atoms with van der Waals surface area (Å²) in [6.45, 7) is 3.90. The summed E-state index contributed by atoms with van der Waals surface area (Å²) in [5.41, 5.74) is 0.427. The van der Waals surface area contributed by atoms with Crippen LogP contribution in [0.15, 0.2) is 36.5 Å². The van der Waals surface area contributed by atoms with Crippen molar-refractivity contribution in [2.75, 3.05) is 57.6 Å². The quantitative estimate of drug-likeness (QED) is 0.335. The van der Waals surface area contributed by atoms with Gasteiger partial charge in [0.15, 0.2) is 0 Å². The van der Waals surface area contributed by atoms with Crippen molar-refractivity contribution in [1.82, 2.24) is 19.8 Å². The van der Waals surface area contributed by atoms with Gasteiger partial charge in [-0.1, -0.05) is 12.1 Å². The third kappa shape index (κ3) is 5.72. The molecule has 234 valence electrons. The number of nitrogens with one attached hydrogen (secondary N) is 1. The fraction of sp³-hybridized carbons (Fsp3) is 0.452. The van der Waals surface area contributed by atoms with Crippen molar-refractivity contribution >= 4 is 23.2 Å². The fourth-order valence-corrected chi connectivity index (χ4v) is 6.34. The number of piperidine rings is 2. The molecule has 13 heteroatoms. The third-order valence-electron chi connectivity index (χ3n) is 9.07. The van der Waals surface area contributed by atoms with Crippen molar-refractivity contribution in [2.45, 2.75) is 38.4 Å². The number of nitrogens with zero attached hydrogens (tertiary/aromatic N) is 5. The molecular formula is C31H34F4N6O3. The number of halogens is 4. The Hall–Kier alpha value is -4.13. The molecule has 1 amide bonds. The Bertz CT molecular complexity index is 1560. The van der Waals surface area contributed by atoms with E-state index in [0.717, 1.165) is 51.9 Å². The number of hydrogen-bond acceptors (Lipinski definition) is 8. The molecule has 1 spiro atoms. The number of amides is 1. The number of aromatic nitrogens is 2. The van der Waals surface area contributed by atoms with E-state index in [0.29, 0.717) is 29.4 Å². The summed E-state index contributed by atoms with van der Waals surface area (Å²) in [5.74, 6) is -1.70. The summed E-state index contributed by atoms with van der Waals surface area (Å²) in [6, 6.07) is 7.54. The smallest absolute Gasteiger partial charge is 0.423 e. The van der Waals surface area contributed by atoms with Crippen LogP contribution < -0.4 is 19.7 Å². The van der Waals surface area contributed by atoms with E-state index in [1.165, 1.54) is 24.1 Å². The van der Waals surface area contributed by atoms with Crippen LogP contribution in [0.2, 0.25) is 0 Å². The minimum absolute atomic E-state index is 0.0523. The van der Waals surface area contributed by atoms with Gasteiger partial charge in [0.25, 0.3) is 5.91 Å². The number of hydrogen-bond donors (Lipinski definition) is 1. The Morgan fingerprint density at radius 3 is 2.39 bits per heavy atom. The molecule has 9 nitrogen and oxygen atoms in total. The second-order valence-electron chi connectivity index (χ2n) is 11.9. The molecule has 0 saturated carbocycles. The molecule has 6 rings (SSSR count). The number of ether oxygens (including phenoxy) is 2. The second kappa shape index (κ2) is 11.4. The molecule has 3 aromatic rings. The van der Waals surface area contributed by atoms with Crippen LogP contribution in [-0.4, -0.2) is 73.1 Å². The third-order valence-corrected chi connectivity index (χ3v) is 9.07. The predicted molar refractivity (Wildman–Crippen MR) is 156 cm³/mol. The van der Waals surface area contributed by atoms with Gasteiger partial charge in [0.1, 0.15) is 22.9 Å². The summed E-state index contributed by atoms with van der Waals surface area (Å²) < 4.78 is 68.4. The molecule has 0 atom stereocenters. The zero-order valence-corrected chi connectivity index (χ0v) is 24.8. The molecule has 3 aliphatic rings. The number of fused-ring (bicyclic) bond motifs is 1. The molecule has 1 aromatic heterocycles. The lowest BCUT2D eigenvalue weighted by atomic mass is 9.71. The van der Waals surface area contributed by atoms with Crippen molar-refractivity contribution < 1.29 is 31.8 Å². The van der Waals surface area contributed by atoms with Gasteiger partial charge < -0.3 is 29.5 Å². The van der Waals surface area contributed by atoms with Crippen LogP contribution in [0, 0.1) is 11.2 Å². The largest absolute Gasteiger partial charge is 0.494 e. The molecule has 2 aromatic carbocycles. The Labute approximate surface area is 252 Å². The molecule has 0 bridgehead atoms. The number of anilines is 3. The lowest BCUT2D eigenvalue weighted by molar-refractivity contribution is -0.139. The molecule has 4 heterocycles. The van der Waals surface area contributed by atoms with Gasteiger partial charge in [0.05, 0.1) is 24.0 Å². The molecule has 0 aliphatic carbocycles. The average molecular weight is 615 g/mol. The average Bonchev–Trinajstić information content (AvgIpc) is 3.28. The van der Waals surface area contributed by atoms with Crippen LogP contribution in [0.1, 0.15) is 47.2 Å². The predicted octanol–water partition coefficient (Wildman–Crippen LogP) is 6.08. The van der Waals surface area contributed by atoms with Gasteiger partial charge in [-0.25, -0.2) is 9.37 Å². The molecule has 2 fully saturated rings. The number of carbonyl (C=O) groups is 1. The molecule has 3 aliphatic heterocycles. The van der Waals surface area contributed by atoms with Gasteiger partial charge in [0.2, 0.25) is 11.8 Å². The summed E-state index contributed by atoms with van der Waals surface area (Å²) in [7, 11) is 5.16. The van der Waals surface area contributed by atoms with E-state index in [1.807, 2.05) is 4.90 Å². The minimum atomic E-state index is -4.83. The van der Waals surface area contributed by atoms with Crippen molar-refractivity contribution in [2.24, 2.45) is 5.41 Å². The zero-order valence-electron chi connectivity index (χ0n) is 24.8. The zero-order chi connectivity index (χ0) is 31.2. The van der Waals surface area contributed by atoms with Crippen LogP contribution in [0.25, 0.3) is 0 Å². The molecule has 0 radical (unpaired) electrons. The van der Waals surface area contributed by atoms with Crippen LogP contribution >= 0.6 is 0 Å².